The molecule has 1 N–H and O–H groups in total. The van der Waals surface area contributed by atoms with E-state index in [0.717, 1.165) is 50.3 Å². The van der Waals surface area contributed by atoms with Crippen molar-refractivity contribution in [2.24, 2.45) is 0 Å². The summed E-state index contributed by atoms with van der Waals surface area (Å²) in [5.41, 5.74) is 1.63. The third-order valence-corrected chi connectivity index (χ3v) is 4.60. The van der Waals surface area contributed by atoms with Crippen LogP contribution in [-0.2, 0) is 4.79 Å². The largest absolute Gasteiger partial charge is 0.311 e. The first-order valence-corrected chi connectivity index (χ1v) is 8.60. The van der Waals surface area contributed by atoms with Crippen LogP contribution < -0.4 is 10.2 Å². The average molecular weight is 321 g/mol. The summed E-state index contributed by atoms with van der Waals surface area (Å²) in [5, 5.41) is 3.39. The Morgan fingerprint density at radius 2 is 2.09 bits per heavy atom. The summed E-state index contributed by atoms with van der Waals surface area (Å²) in [6, 6.07) is 4.48. The minimum Gasteiger partial charge on any atom is -0.311 e. The smallest absolute Gasteiger partial charge is 0.244 e. The van der Waals surface area contributed by atoms with Crippen molar-refractivity contribution in [3.8, 4) is 0 Å². The molecule has 1 atom stereocenters. The van der Waals surface area contributed by atoms with E-state index >= 15 is 0 Å². The van der Waals surface area contributed by atoms with Crippen molar-refractivity contribution in [2.75, 3.05) is 37.6 Å². The van der Waals surface area contributed by atoms with Crippen LogP contribution in [0.1, 0.15) is 32.3 Å². The fourth-order valence-electron chi connectivity index (χ4n) is 3.16. The first-order valence-electron chi connectivity index (χ1n) is 8.60. The number of hydrogen-bond donors (Lipinski definition) is 1. The highest BCUT2D eigenvalue weighted by Gasteiger charge is 2.29. The number of anilines is 1. The van der Waals surface area contributed by atoms with Gasteiger partial charge in [-0.05, 0) is 56.6 Å². The summed E-state index contributed by atoms with van der Waals surface area (Å²) in [4.78, 5) is 16.9. The van der Waals surface area contributed by atoms with Gasteiger partial charge in [0.2, 0.25) is 5.91 Å². The van der Waals surface area contributed by atoms with E-state index in [2.05, 4.69) is 24.1 Å². The number of hydrogen-bond acceptors (Lipinski definition) is 3. The van der Waals surface area contributed by atoms with Gasteiger partial charge in [-0.25, -0.2) is 4.39 Å². The van der Waals surface area contributed by atoms with Crippen LogP contribution in [0.15, 0.2) is 18.2 Å². The highest BCUT2D eigenvalue weighted by atomic mass is 19.1. The van der Waals surface area contributed by atoms with Gasteiger partial charge in [-0.1, -0.05) is 13.8 Å². The zero-order valence-corrected chi connectivity index (χ0v) is 14.4. The number of carbonyl (C=O) groups excluding carboxylic acids is 1. The number of likely N-dealkylation sites (N-methyl/N-ethyl adjacent to an activating group) is 1. The molecule has 0 aliphatic carbocycles. The third-order valence-electron chi connectivity index (χ3n) is 4.60. The van der Waals surface area contributed by atoms with E-state index in [-0.39, 0.29) is 17.8 Å². The van der Waals surface area contributed by atoms with Crippen LogP contribution in [0.25, 0.3) is 0 Å². The number of carbonyl (C=O) groups is 1. The van der Waals surface area contributed by atoms with E-state index in [9.17, 15) is 9.18 Å². The Morgan fingerprint density at radius 3 is 2.74 bits per heavy atom. The summed E-state index contributed by atoms with van der Waals surface area (Å²) < 4.78 is 13.3. The van der Waals surface area contributed by atoms with Gasteiger partial charge >= 0.3 is 0 Å². The van der Waals surface area contributed by atoms with Crippen molar-refractivity contribution >= 4 is 11.6 Å². The lowest BCUT2D eigenvalue weighted by atomic mass is 10.0. The first-order chi connectivity index (χ1) is 11.1. The second-order valence-electron chi connectivity index (χ2n) is 6.10. The van der Waals surface area contributed by atoms with Crippen molar-refractivity contribution in [1.29, 1.82) is 0 Å². The summed E-state index contributed by atoms with van der Waals surface area (Å²) in [6.07, 6.45) is 1.83. The van der Waals surface area contributed by atoms with Crippen molar-refractivity contribution in [1.82, 2.24) is 10.2 Å². The molecule has 128 valence electrons. The van der Waals surface area contributed by atoms with Gasteiger partial charge in [0.15, 0.2) is 0 Å². The van der Waals surface area contributed by atoms with Gasteiger partial charge < -0.3 is 15.1 Å². The lowest BCUT2D eigenvalue weighted by Crippen LogP contribution is -2.52. The van der Waals surface area contributed by atoms with Crippen molar-refractivity contribution in [3.05, 3.63) is 29.6 Å². The molecule has 0 unspecified atom stereocenters. The van der Waals surface area contributed by atoms with E-state index in [1.807, 2.05) is 6.92 Å². The fourth-order valence-corrected chi connectivity index (χ4v) is 3.16. The van der Waals surface area contributed by atoms with E-state index in [1.54, 1.807) is 11.0 Å². The lowest BCUT2D eigenvalue weighted by molar-refractivity contribution is -0.121. The maximum Gasteiger partial charge on any atom is 0.244 e. The Balaban J connectivity index is 1.98. The maximum absolute atomic E-state index is 13.3. The lowest BCUT2D eigenvalue weighted by Gasteiger charge is -2.34. The number of benzene rings is 1. The molecule has 0 bridgehead atoms. The molecule has 4 nitrogen and oxygen atoms in total. The molecule has 1 fully saturated rings. The summed E-state index contributed by atoms with van der Waals surface area (Å²) in [6.45, 7) is 10.7. The molecule has 1 aliphatic heterocycles. The quantitative estimate of drug-likeness (QED) is 0.838. The summed E-state index contributed by atoms with van der Waals surface area (Å²) in [5.74, 6) is -0.157. The van der Waals surface area contributed by atoms with E-state index in [4.69, 9.17) is 0 Å². The number of nitrogens with one attached hydrogen (secondary N) is 1. The van der Waals surface area contributed by atoms with Crippen LogP contribution in [-0.4, -0.2) is 49.6 Å². The number of piperidine rings is 1. The third kappa shape index (κ3) is 4.52. The zero-order valence-electron chi connectivity index (χ0n) is 14.4. The van der Waals surface area contributed by atoms with Crippen LogP contribution in [0.4, 0.5) is 10.1 Å². The standard InChI is InChI=1S/C18H28FN3O/c1-4-21(5-2)12-10-20-16-7-6-11-22(18(16)23)17-9-8-15(19)13-14(17)3/h8-9,13,16,20H,4-7,10-12H2,1-3H3/t16-/m1/s1. The molecule has 1 aromatic rings. The second kappa shape index (κ2) is 8.41. The summed E-state index contributed by atoms with van der Waals surface area (Å²) in [7, 11) is 0. The second-order valence-corrected chi connectivity index (χ2v) is 6.10. The van der Waals surface area contributed by atoms with Gasteiger partial charge in [-0.2, -0.15) is 0 Å². The van der Waals surface area contributed by atoms with Gasteiger partial charge in [-0.15, -0.1) is 0 Å². The van der Waals surface area contributed by atoms with Crippen molar-refractivity contribution in [2.45, 2.75) is 39.7 Å². The topological polar surface area (TPSA) is 35.6 Å². The highest BCUT2D eigenvalue weighted by molar-refractivity contribution is 5.98. The molecule has 1 saturated heterocycles. The molecule has 0 radical (unpaired) electrons. The molecule has 1 amide bonds. The van der Waals surface area contributed by atoms with Gasteiger partial charge in [0.05, 0.1) is 6.04 Å². The molecular weight excluding hydrogens is 293 g/mol. The van der Waals surface area contributed by atoms with Gasteiger partial charge in [0, 0.05) is 25.3 Å². The van der Waals surface area contributed by atoms with E-state index in [1.165, 1.54) is 12.1 Å². The molecule has 5 heteroatoms. The highest BCUT2D eigenvalue weighted by Crippen LogP contribution is 2.25. The number of nitrogens with zero attached hydrogens (tertiary/aromatic N) is 2. The first kappa shape index (κ1) is 17.9. The van der Waals surface area contributed by atoms with Crippen LogP contribution in [0.5, 0.6) is 0 Å². The number of aryl methyl sites for hydroxylation is 1. The summed E-state index contributed by atoms with van der Waals surface area (Å²) >= 11 is 0. The zero-order chi connectivity index (χ0) is 16.8. The maximum atomic E-state index is 13.3. The molecule has 1 aromatic carbocycles. The Labute approximate surface area is 138 Å². The van der Waals surface area contributed by atoms with Gasteiger partial charge in [0.25, 0.3) is 0 Å². The van der Waals surface area contributed by atoms with Crippen molar-refractivity contribution in [3.63, 3.8) is 0 Å². The number of amides is 1. The SMILES string of the molecule is CCN(CC)CCN[C@@H]1CCCN(c2ccc(F)cc2C)C1=O. The van der Waals surface area contributed by atoms with Crippen molar-refractivity contribution < 1.29 is 9.18 Å². The minimum absolute atomic E-state index is 0.102. The molecule has 1 aliphatic rings. The molecule has 0 aromatic heterocycles. The Morgan fingerprint density at radius 1 is 1.35 bits per heavy atom. The fraction of sp³-hybridized carbons (Fsp3) is 0.611. The Kier molecular flexibility index (Phi) is 6.54. The average Bonchev–Trinajstić information content (AvgIpc) is 2.54. The molecule has 0 saturated carbocycles. The molecule has 23 heavy (non-hydrogen) atoms. The monoisotopic (exact) mass is 321 g/mol. The van der Waals surface area contributed by atoms with Gasteiger partial charge in [-0.3, -0.25) is 4.79 Å². The van der Waals surface area contributed by atoms with Gasteiger partial charge in [0.1, 0.15) is 5.82 Å². The number of rotatable bonds is 7. The normalized spacial score (nSPS) is 18.7. The van der Waals surface area contributed by atoms with E-state index < -0.39 is 0 Å². The predicted octanol–water partition coefficient (Wildman–Crippen LogP) is 2.56. The van der Waals surface area contributed by atoms with Crippen LogP contribution >= 0.6 is 0 Å². The molecule has 0 spiro atoms. The van der Waals surface area contributed by atoms with Crippen LogP contribution in [0, 0.1) is 12.7 Å². The van der Waals surface area contributed by atoms with E-state index in [0.29, 0.717) is 6.54 Å². The predicted molar refractivity (Wildman–Crippen MR) is 92.3 cm³/mol. The number of halogens is 1. The molecule has 2 rings (SSSR count). The molecule has 1 heterocycles. The van der Waals surface area contributed by atoms with Crippen LogP contribution in [0.2, 0.25) is 0 Å². The molecular formula is C18H28FN3O. The Hall–Kier alpha value is -1.46. The van der Waals surface area contributed by atoms with Crippen LogP contribution in [0.3, 0.4) is 0 Å². The Bertz CT molecular complexity index is 531. The minimum atomic E-state index is -0.260.